The number of benzene rings is 2. The van der Waals surface area contributed by atoms with Crippen molar-refractivity contribution in [3.63, 3.8) is 0 Å². The molecule has 7 heteroatoms. The third-order valence-electron chi connectivity index (χ3n) is 7.62. The average Bonchev–Trinajstić information content (AvgIpc) is 3.36. The second-order valence-electron chi connectivity index (χ2n) is 10.3. The third kappa shape index (κ3) is 4.48. The Morgan fingerprint density at radius 2 is 1.82 bits per heavy atom. The predicted octanol–water partition coefficient (Wildman–Crippen LogP) is 5.51. The van der Waals surface area contributed by atoms with Crippen LogP contribution in [0.3, 0.4) is 0 Å². The minimum absolute atomic E-state index is 0.157. The zero-order chi connectivity index (χ0) is 28.0. The standard InChI is InChI=1S/C32H35N3O3S/c1-8-34-21(7)25(24-12-10-11-19(5)28(24)34)17-26-30(36)35-29(23-15-13-22(14-16-23)18(3)4)27(31(37)38-9-2)20(6)33-32(35)39-26/h10-18,29H,8-9H2,1-7H3/b26-17-/t29-/m0/s1. The molecule has 0 aliphatic carbocycles. The molecule has 0 fully saturated rings. The van der Waals surface area contributed by atoms with Gasteiger partial charge in [0.15, 0.2) is 4.80 Å². The summed E-state index contributed by atoms with van der Waals surface area (Å²) in [5.74, 6) is -0.0664. The van der Waals surface area contributed by atoms with Gasteiger partial charge in [0, 0.05) is 23.2 Å². The van der Waals surface area contributed by atoms with E-state index in [2.05, 4.69) is 69.5 Å². The molecule has 1 aliphatic rings. The molecule has 0 saturated heterocycles. The number of rotatable bonds is 6. The summed E-state index contributed by atoms with van der Waals surface area (Å²) in [6.07, 6.45) is 2.00. The Bertz CT molecular complexity index is 1800. The molecule has 0 N–H and O–H groups in total. The van der Waals surface area contributed by atoms with Crippen molar-refractivity contribution < 1.29 is 9.53 Å². The van der Waals surface area contributed by atoms with Crippen molar-refractivity contribution in [3.05, 3.63) is 101 Å². The Balaban J connectivity index is 1.76. The van der Waals surface area contributed by atoms with Gasteiger partial charge in [0.2, 0.25) is 0 Å². The molecule has 2 aromatic heterocycles. The lowest BCUT2D eigenvalue weighted by atomic mass is 9.93. The van der Waals surface area contributed by atoms with Crippen LogP contribution in [0.4, 0.5) is 0 Å². The molecule has 0 bridgehead atoms. The van der Waals surface area contributed by atoms with Gasteiger partial charge in [-0.05, 0) is 63.3 Å². The van der Waals surface area contributed by atoms with Gasteiger partial charge in [-0.1, -0.05) is 67.6 Å². The third-order valence-corrected chi connectivity index (χ3v) is 8.60. The van der Waals surface area contributed by atoms with Crippen LogP contribution >= 0.6 is 11.3 Å². The fourth-order valence-electron chi connectivity index (χ4n) is 5.62. The van der Waals surface area contributed by atoms with Crippen molar-refractivity contribution >= 4 is 34.3 Å². The molecule has 39 heavy (non-hydrogen) atoms. The number of para-hydroxylation sites is 1. The number of aromatic nitrogens is 2. The molecule has 0 unspecified atom stereocenters. The van der Waals surface area contributed by atoms with Crippen LogP contribution in [0.15, 0.2) is 63.5 Å². The van der Waals surface area contributed by atoms with Crippen LogP contribution in [0.2, 0.25) is 0 Å². The van der Waals surface area contributed by atoms with E-state index >= 15 is 0 Å². The van der Waals surface area contributed by atoms with Gasteiger partial charge in [0.1, 0.15) is 0 Å². The fourth-order valence-corrected chi connectivity index (χ4v) is 6.65. The summed E-state index contributed by atoms with van der Waals surface area (Å²) in [7, 11) is 0. The number of hydrogen-bond donors (Lipinski definition) is 0. The molecule has 0 spiro atoms. The lowest BCUT2D eigenvalue weighted by molar-refractivity contribution is -0.139. The Hall–Kier alpha value is -3.71. The summed E-state index contributed by atoms with van der Waals surface area (Å²) < 4.78 is 9.99. The van der Waals surface area contributed by atoms with Crippen LogP contribution in [-0.4, -0.2) is 21.7 Å². The van der Waals surface area contributed by atoms with E-state index in [1.807, 2.05) is 25.1 Å². The quantitative estimate of drug-likeness (QED) is 0.302. The van der Waals surface area contributed by atoms with Gasteiger partial charge >= 0.3 is 5.97 Å². The molecule has 202 valence electrons. The number of thiazole rings is 1. The lowest BCUT2D eigenvalue weighted by Crippen LogP contribution is -2.40. The van der Waals surface area contributed by atoms with Gasteiger partial charge in [0.05, 0.1) is 34.0 Å². The van der Waals surface area contributed by atoms with Gasteiger partial charge in [0.25, 0.3) is 5.56 Å². The highest BCUT2D eigenvalue weighted by Gasteiger charge is 2.33. The van der Waals surface area contributed by atoms with E-state index in [-0.39, 0.29) is 12.2 Å². The SMILES string of the molecule is CCOC(=O)C1=C(C)N=c2s/c(=C\c3c(C)n(CC)c4c(C)cccc34)c(=O)n2[C@H]1c1ccc(C(C)C)cc1. The number of aryl methyl sites for hydroxylation is 2. The first kappa shape index (κ1) is 26.9. The number of allylic oxidation sites excluding steroid dienone is 1. The van der Waals surface area contributed by atoms with Gasteiger partial charge in [-0.15, -0.1) is 0 Å². The summed E-state index contributed by atoms with van der Waals surface area (Å²) in [4.78, 5) is 32.6. The highest BCUT2D eigenvalue weighted by molar-refractivity contribution is 7.07. The Morgan fingerprint density at radius 1 is 1.10 bits per heavy atom. The van der Waals surface area contributed by atoms with Gasteiger partial charge < -0.3 is 9.30 Å². The van der Waals surface area contributed by atoms with E-state index in [1.165, 1.54) is 28.0 Å². The number of hydrogen-bond acceptors (Lipinski definition) is 5. The van der Waals surface area contributed by atoms with Crippen molar-refractivity contribution in [1.82, 2.24) is 9.13 Å². The molecular formula is C32H35N3O3S. The monoisotopic (exact) mass is 541 g/mol. The smallest absolute Gasteiger partial charge is 0.338 e. The molecule has 1 aliphatic heterocycles. The second-order valence-corrected chi connectivity index (χ2v) is 11.3. The number of nitrogens with zero attached hydrogens (tertiary/aromatic N) is 3. The summed E-state index contributed by atoms with van der Waals surface area (Å²) in [5, 5.41) is 1.13. The van der Waals surface area contributed by atoms with Crippen molar-refractivity contribution in [2.75, 3.05) is 6.61 Å². The zero-order valence-electron chi connectivity index (χ0n) is 23.7. The predicted molar refractivity (Wildman–Crippen MR) is 158 cm³/mol. The molecule has 0 amide bonds. The number of ether oxygens (including phenoxy) is 1. The summed E-state index contributed by atoms with van der Waals surface area (Å²) in [5.41, 5.74) is 7.45. The van der Waals surface area contributed by atoms with Gasteiger partial charge in [-0.3, -0.25) is 9.36 Å². The van der Waals surface area contributed by atoms with E-state index < -0.39 is 12.0 Å². The Kier molecular flexibility index (Phi) is 7.21. The van der Waals surface area contributed by atoms with Crippen LogP contribution < -0.4 is 14.9 Å². The maximum atomic E-state index is 14.1. The van der Waals surface area contributed by atoms with E-state index in [4.69, 9.17) is 9.73 Å². The van der Waals surface area contributed by atoms with Crippen LogP contribution in [0.1, 0.15) is 74.5 Å². The van der Waals surface area contributed by atoms with Crippen LogP contribution in [-0.2, 0) is 16.1 Å². The first-order valence-corrected chi connectivity index (χ1v) is 14.4. The first-order valence-electron chi connectivity index (χ1n) is 13.6. The summed E-state index contributed by atoms with van der Waals surface area (Å²) in [6, 6.07) is 13.9. The number of fused-ring (bicyclic) bond motifs is 2. The summed E-state index contributed by atoms with van der Waals surface area (Å²) in [6.45, 7) is 15.4. The molecule has 0 saturated carbocycles. The molecule has 0 radical (unpaired) electrons. The van der Waals surface area contributed by atoms with E-state index in [1.54, 1.807) is 11.5 Å². The van der Waals surface area contributed by atoms with Crippen LogP contribution in [0.25, 0.3) is 17.0 Å². The highest BCUT2D eigenvalue weighted by Crippen LogP contribution is 2.32. The number of carbonyl (C=O) groups is 1. The maximum Gasteiger partial charge on any atom is 0.338 e. The van der Waals surface area contributed by atoms with Gasteiger partial charge in [-0.25, -0.2) is 9.79 Å². The largest absolute Gasteiger partial charge is 0.463 e. The fraction of sp³-hybridized carbons (Fsp3) is 0.344. The average molecular weight is 542 g/mol. The molecular weight excluding hydrogens is 506 g/mol. The van der Waals surface area contributed by atoms with Crippen molar-refractivity contribution in [2.24, 2.45) is 4.99 Å². The van der Waals surface area contributed by atoms with E-state index in [0.29, 0.717) is 26.5 Å². The Labute approximate surface area is 232 Å². The van der Waals surface area contributed by atoms with Gasteiger partial charge in [-0.2, -0.15) is 0 Å². The first-order chi connectivity index (χ1) is 18.7. The van der Waals surface area contributed by atoms with Crippen LogP contribution in [0, 0.1) is 13.8 Å². The zero-order valence-corrected chi connectivity index (χ0v) is 24.5. The second kappa shape index (κ2) is 10.5. The molecule has 3 heterocycles. The molecule has 4 aromatic rings. The van der Waals surface area contributed by atoms with Crippen molar-refractivity contribution in [1.29, 1.82) is 0 Å². The topological polar surface area (TPSA) is 65.6 Å². The van der Waals surface area contributed by atoms with Crippen molar-refractivity contribution in [3.8, 4) is 0 Å². The van der Waals surface area contributed by atoms with Crippen LogP contribution in [0.5, 0.6) is 0 Å². The number of carbonyl (C=O) groups excluding carboxylic acids is 1. The summed E-state index contributed by atoms with van der Waals surface area (Å²) >= 11 is 1.37. The normalized spacial score (nSPS) is 15.7. The number of esters is 1. The molecule has 2 aromatic carbocycles. The minimum Gasteiger partial charge on any atom is -0.463 e. The maximum absolute atomic E-state index is 14.1. The minimum atomic E-state index is -0.607. The molecule has 6 nitrogen and oxygen atoms in total. The van der Waals surface area contributed by atoms with Crippen molar-refractivity contribution in [2.45, 2.75) is 67.0 Å². The molecule has 1 atom stereocenters. The Morgan fingerprint density at radius 3 is 2.46 bits per heavy atom. The lowest BCUT2D eigenvalue weighted by Gasteiger charge is -2.25. The van der Waals surface area contributed by atoms with E-state index in [9.17, 15) is 9.59 Å². The highest BCUT2D eigenvalue weighted by atomic mass is 32.1. The van der Waals surface area contributed by atoms with E-state index in [0.717, 1.165) is 28.8 Å². The molecule has 5 rings (SSSR count).